The molecule has 3 amide bonds. The van der Waals surface area contributed by atoms with Gasteiger partial charge in [-0.15, -0.1) is 0 Å². The molecule has 3 N–H and O–H groups in total. The van der Waals surface area contributed by atoms with Crippen molar-refractivity contribution in [2.75, 3.05) is 87.1 Å². The van der Waals surface area contributed by atoms with Gasteiger partial charge in [0.1, 0.15) is 0 Å². The molecule has 2 aliphatic heterocycles. The van der Waals surface area contributed by atoms with Crippen LogP contribution in [0.15, 0.2) is 48.5 Å². The van der Waals surface area contributed by atoms with Crippen molar-refractivity contribution in [2.45, 2.75) is 25.9 Å². The van der Waals surface area contributed by atoms with E-state index >= 15 is 0 Å². The molecule has 0 spiro atoms. The summed E-state index contributed by atoms with van der Waals surface area (Å²) in [6.45, 7) is 9.39. The van der Waals surface area contributed by atoms with Crippen molar-refractivity contribution in [1.82, 2.24) is 25.2 Å². The number of ether oxygens (including phenoxy) is 2. The van der Waals surface area contributed by atoms with Crippen LogP contribution in [0.1, 0.15) is 24.2 Å². The summed E-state index contributed by atoms with van der Waals surface area (Å²) >= 11 is 0. The van der Waals surface area contributed by atoms with E-state index in [1.54, 1.807) is 24.3 Å². The summed E-state index contributed by atoms with van der Waals surface area (Å²) in [5, 5.41) is 8.53. The summed E-state index contributed by atoms with van der Waals surface area (Å²) in [7, 11) is 3.90. The molecule has 1 aromatic heterocycles. The third-order valence-corrected chi connectivity index (χ3v) is 7.51. The molecular weight excluding hydrogens is 562 g/mol. The molecule has 44 heavy (non-hydrogen) atoms. The molecule has 13 nitrogen and oxygen atoms in total. The Morgan fingerprint density at radius 2 is 1.34 bits per heavy atom. The van der Waals surface area contributed by atoms with E-state index in [1.807, 2.05) is 43.3 Å². The summed E-state index contributed by atoms with van der Waals surface area (Å²) in [6, 6.07) is 14.0. The number of hydrogen-bond donors (Lipinski definition) is 3. The van der Waals surface area contributed by atoms with Crippen LogP contribution in [0.4, 0.5) is 28.1 Å². The quantitative estimate of drug-likeness (QED) is 0.335. The van der Waals surface area contributed by atoms with E-state index in [0.717, 1.165) is 12.1 Å². The minimum absolute atomic E-state index is 0.139. The van der Waals surface area contributed by atoms with Crippen molar-refractivity contribution < 1.29 is 19.1 Å². The third kappa shape index (κ3) is 7.98. The zero-order valence-corrected chi connectivity index (χ0v) is 25.7. The van der Waals surface area contributed by atoms with Crippen LogP contribution in [0.3, 0.4) is 0 Å². The SMILES string of the molecule is C[C@H]1COCCN1c1nc(-c2ccc(NC(=O)Nc3ccc(C(=O)NCCN(C)C)cc3)cc2)nc(N2CCOC[C@@H]2C)n1. The summed E-state index contributed by atoms with van der Waals surface area (Å²) in [6.07, 6.45) is 0. The van der Waals surface area contributed by atoms with Crippen molar-refractivity contribution >= 4 is 35.2 Å². The zero-order valence-electron chi connectivity index (χ0n) is 25.7. The lowest BCUT2D eigenvalue weighted by molar-refractivity contribution is 0.0950. The standard InChI is InChI=1S/C31H41N9O4/c1-21-19-43-17-15-39(21)29-35-27(36-30(37-29)40-16-18-44-20-22(40)2)23-5-9-25(10-6-23)33-31(42)34-26-11-7-24(8-12-26)28(41)32-13-14-38(3)4/h5-12,21-22H,13-20H2,1-4H3,(H,32,41)(H2,33,34,42)/t21-,22-/m0/s1. The lowest BCUT2D eigenvalue weighted by Crippen LogP contribution is -2.46. The molecular formula is C31H41N9O4. The summed E-state index contributed by atoms with van der Waals surface area (Å²) < 4.78 is 11.3. The second kappa shape index (κ2) is 14.4. The molecule has 2 aromatic carbocycles. The average Bonchev–Trinajstić information content (AvgIpc) is 3.02. The number of carbonyl (C=O) groups excluding carboxylic acids is 2. The largest absolute Gasteiger partial charge is 0.377 e. The van der Waals surface area contributed by atoms with Gasteiger partial charge in [-0.1, -0.05) is 0 Å². The van der Waals surface area contributed by atoms with Crippen molar-refractivity contribution in [2.24, 2.45) is 0 Å². The highest BCUT2D eigenvalue weighted by Gasteiger charge is 2.27. The van der Waals surface area contributed by atoms with Crippen molar-refractivity contribution in [1.29, 1.82) is 0 Å². The Labute approximate surface area is 258 Å². The van der Waals surface area contributed by atoms with E-state index < -0.39 is 6.03 Å². The molecule has 0 radical (unpaired) electrons. The summed E-state index contributed by atoms with van der Waals surface area (Å²) in [5.41, 5.74) is 2.52. The molecule has 0 aliphatic carbocycles. The first kappa shape index (κ1) is 31.1. The first-order chi connectivity index (χ1) is 21.3. The van der Waals surface area contributed by atoms with Crippen LogP contribution >= 0.6 is 0 Å². The number of likely N-dealkylation sites (N-methyl/N-ethyl adjacent to an activating group) is 1. The molecule has 0 unspecified atom stereocenters. The van der Waals surface area contributed by atoms with Crippen molar-refractivity contribution in [3.8, 4) is 11.4 Å². The Morgan fingerprint density at radius 3 is 1.84 bits per heavy atom. The molecule has 2 saturated heterocycles. The van der Waals surface area contributed by atoms with Gasteiger partial charge in [0.05, 0.1) is 38.5 Å². The molecule has 2 aliphatic rings. The van der Waals surface area contributed by atoms with E-state index in [0.29, 0.717) is 80.7 Å². The number of nitrogens with zero attached hydrogens (tertiary/aromatic N) is 6. The highest BCUT2D eigenvalue weighted by molar-refractivity contribution is 6.00. The molecule has 5 rings (SSSR count). The normalized spacial score (nSPS) is 18.7. The van der Waals surface area contributed by atoms with Gasteiger partial charge in [-0.3, -0.25) is 4.79 Å². The maximum Gasteiger partial charge on any atom is 0.323 e. The van der Waals surface area contributed by atoms with Gasteiger partial charge in [0.25, 0.3) is 5.91 Å². The first-order valence-electron chi connectivity index (χ1n) is 14.9. The number of rotatable bonds is 9. The minimum Gasteiger partial charge on any atom is -0.377 e. The Kier molecular flexibility index (Phi) is 10.2. The van der Waals surface area contributed by atoms with E-state index in [9.17, 15) is 9.59 Å². The Balaban J connectivity index is 1.25. The van der Waals surface area contributed by atoms with Gasteiger partial charge in [-0.05, 0) is 76.5 Å². The van der Waals surface area contributed by atoms with Crippen LogP contribution in [0.2, 0.25) is 0 Å². The predicted molar refractivity (Wildman–Crippen MR) is 170 cm³/mol. The highest BCUT2D eigenvalue weighted by atomic mass is 16.5. The average molecular weight is 604 g/mol. The van der Waals surface area contributed by atoms with E-state index in [4.69, 9.17) is 24.4 Å². The molecule has 2 fully saturated rings. The van der Waals surface area contributed by atoms with Crippen LogP contribution in [0, 0.1) is 0 Å². The summed E-state index contributed by atoms with van der Waals surface area (Å²) in [5.74, 6) is 1.65. The number of hydrogen-bond acceptors (Lipinski definition) is 10. The third-order valence-electron chi connectivity index (χ3n) is 7.51. The van der Waals surface area contributed by atoms with E-state index in [-0.39, 0.29) is 18.0 Å². The number of morpholine rings is 2. The number of nitrogens with one attached hydrogen (secondary N) is 3. The second-order valence-corrected chi connectivity index (χ2v) is 11.3. The maximum atomic E-state index is 12.7. The van der Waals surface area contributed by atoms with Crippen LogP contribution in [-0.4, -0.2) is 111 Å². The maximum absolute atomic E-state index is 12.7. The van der Waals surface area contributed by atoms with Crippen LogP contribution < -0.4 is 25.8 Å². The van der Waals surface area contributed by atoms with Crippen LogP contribution in [0.5, 0.6) is 0 Å². The topological polar surface area (TPSA) is 137 Å². The minimum atomic E-state index is -0.395. The fourth-order valence-corrected chi connectivity index (χ4v) is 4.98. The van der Waals surface area contributed by atoms with Gasteiger partial charge in [0, 0.05) is 48.7 Å². The van der Waals surface area contributed by atoms with Gasteiger partial charge >= 0.3 is 6.03 Å². The second-order valence-electron chi connectivity index (χ2n) is 11.3. The van der Waals surface area contributed by atoms with E-state index in [2.05, 4.69) is 39.6 Å². The van der Waals surface area contributed by atoms with Gasteiger partial charge in [0.2, 0.25) is 11.9 Å². The molecule has 234 valence electrons. The van der Waals surface area contributed by atoms with Crippen LogP contribution in [0.25, 0.3) is 11.4 Å². The highest BCUT2D eigenvalue weighted by Crippen LogP contribution is 2.26. The van der Waals surface area contributed by atoms with Crippen molar-refractivity contribution in [3.63, 3.8) is 0 Å². The molecule has 13 heteroatoms. The van der Waals surface area contributed by atoms with Crippen molar-refractivity contribution in [3.05, 3.63) is 54.1 Å². The fourth-order valence-electron chi connectivity index (χ4n) is 4.98. The Bertz CT molecular complexity index is 1380. The molecule has 3 heterocycles. The Hall–Kier alpha value is -4.33. The van der Waals surface area contributed by atoms with E-state index in [1.165, 1.54) is 0 Å². The van der Waals surface area contributed by atoms with Gasteiger partial charge in [-0.25, -0.2) is 4.79 Å². The number of aromatic nitrogens is 3. The van der Waals surface area contributed by atoms with Gasteiger partial charge in [-0.2, -0.15) is 15.0 Å². The number of anilines is 4. The number of amides is 3. The fraction of sp³-hybridized carbons (Fsp3) is 0.452. The van der Waals surface area contributed by atoms with Gasteiger partial charge < -0.3 is 40.1 Å². The van der Waals surface area contributed by atoms with Crippen LogP contribution in [-0.2, 0) is 9.47 Å². The molecule has 2 atom stereocenters. The molecule has 3 aromatic rings. The smallest absolute Gasteiger partial charge is 0.323 e. The zero-order chi connectivity index (χ0) is 31.1. The monoisotopic (exact) mass is 603 g/mol. The number of urea groups is 1. The number of carbonyl (C=O) groups is 2. The first-order valence-corrected chi connectivity index (χ1v) is 14.9. The van der Waals surface area contributed by atoms with Gasteiger partial charge in [0.15, 0.2) is 5.82 Å². The summed E-state index contributed by atoms with van der Waals surface area (Å²) in [4.78, 5) is 45.9. The number of benzene rings is 2. The lowest BCUT2D eigenvalue weighted by atomic mass is 10.2. The predicted octanol–water partition coefficient (Wildman–Crippen LogP) is 2.92. The Morgan fingerprint density at radius 1 is 0.818 bits per heavy atom. The molecule has 0 saturated carbocycles. The molecule has 0 bridgehead atoms. The lowest BCUT2D eigenvalue weighted by Gasteiger charge is -2.36.